The number of ether oxygens (including phenoxy) is 2. The molecular weight excluding hydrogens is 318 g/mol. The molecule has 2 rings (SSSR count). The van der Waals surface area contributed by atoms with Crippen molar-refractivity contribution in [2.45, 2.75) is 39.3 Å². The second-order valence-electron chi connectivity index (χ2n) is 5.72. The van der Waals surface area contributed by atoms with E-state index in [1.165, 1.54) is 5.56 Å². The molecule has 1 saturated heterocycles. The first-order chi connectivity index (χ1) is 9.65. The van der Waals surface area contributed by atoms with Crippen LogP contribution in [-0.2, 0) is 11.3 Å². The Morgan fingerprint density at radius 3 is 3.00 bits per heavy atom. The van der Waals surface area contributed by atoms with Gasteiger partial charge in [-0.2, -0.15) is 0 Å². The molecule has 0 aromatic heterocycles. The van der Waals surface area contributed by atoms with Crippen molar-refractivity contribution in [2.24, 2.45) is 5.92 Å². The molecule has 1 unspecified atom stereocenters. The molecular formula is C16H24BrNO2. The van der Waals surface area contributed by atoms with Gasteiger partial charge in [-0.3, -0.25) is 0 Å². The van der Waals surface area contributed by atoms with Gasteiger partial charge in [0.15, 0.2) is 0 Å². The van der Waals surface area contributed by atoms with E-state index in [2.05, 4.69) is 41.2 Å². The molecule has 1 aliphatic rings. The SMILES string of the molecule is CC(C)CNCc1cc(Br)ccc1OCC1CCCO1. The van der Waals surface area contributed by atoms with Crippen LogP contribution in [0.3, 0.4) is 0 Å². The van der Waals surface area contributed by atoms with E-state index in [9.17, 15) is 0 Å². The molecule has 1 aliphatic heterocycles. The number of benzene rings is 1. The summed E-state index contributed by atoms with van der Waals surface area (Å²) in [5.41, 5.74) is 1.19. The second-order valence-corrected chi connectivity index (χ2v) is 6.64. The zero-order valence-electron chi connectivity index (χ0n) is 12.3. The number of halogens is 1. The fraction of sp³-hybridized carbons (Fsp3) is 0.625. The van der Waals surface area contributed by atoms with Crippen LogP contribution in [0.5, 0.6) is 5.75 Å². The monoisotopic (exact) mass is 341 g/mol. The molecule has 0 spiro atoms. The van der Waals surface area contributed by atoms with Crippen LogP contribution >= 0.6 is 15.9 Å². The largest absolute Gasteiger partial charge is 0.491 e. The van der Waals surface area contributed by atoms with E-state index in [-0.39, 0.29) is 6.10 Å². The van der Waals surface area contributed by atoms with Gasteiger partial charge in [0, 0.05) is 23.2 Å². The van der Waals surface area contributed by atoms with E-state index < -0.39 is 0 Å². The van der Waals surface area contributed by atoms with Crippen molar-refractivity contribution < 1.29 is 9.47 Å². The van der Waals surface area contributed by atoms with Crippen LogP contribution < -0.4 is 10.1 Å². The molecule has 0 saturated carbocycles. The minimum Gasteiger partial charge on any atom is -0.491 e. The smallest absolute Gasteiger partial charge is 0.124 e. The first-order valence-corrected chi connectivity index (χ1v) is 8.18. The lowest BCUT2D eigenvalue weighted by molar-refractivity contribution is 0.0676. The lowest BCUT2D eigenvalue weighted by Crippen LogP contribution is -2.21. The average Bonchev–Trinajstić information content (AvgIpc) is 2.90. The predicted octanol–water partition coefficient (Wildman–Crippen LogP) is 3.75. The highest BCUT2D eigenvalue weighted by Crippen LogP contribution is 2.24. The van der Waals surface area contributed by atoms with Crippen LogP contribution in [0.1, 0.15) is 32.3 Å². The quantitative estimate of drug-likeness (QED) is 0.819. The van der Waals surface area contributed by atoms with Crippen LogP contribution in [0.2, 0.25) is 0 Å². The van der Waals surface area contributed by atoms with E-state index in [0.29, 0.717) is 12.5 Å². The summed E-state index contributed by atoms with van der Waals surface area (Å²) in [6.07, 6.45) is 2.52. The zero-order valence-corrected chi connectivity index (χ0v) is 13.9. The second kappa shape index (κ2) is 8.01. The lowest BCUT2D eigenvalue weighted by atomic mass is 10.1. The fourth-order valence-electron chi connectivity index (χ4n) is 2.28. The Bertz CT molecular complexity index is 417. The summed E-state index contributed by atoms with van der Waals surface area (Å²) < 4.78 is 12.6. The van der Waals surface area contributed by atoms with E-state index in [1.54, 1.807) is 0 Å². The normalized spacial score (nSPS) is 18.7. The molecule has 0 radical (unpaired) electrons. The molecule has 0 aliphatic carbocycles. The maximum Gasteiger partial charge on any atom is 0.124 e. The molecule has 0 bridgehead atoms. The molecule has 3 nitrogen and oxygen atoms in total. The van der Waals surface area contributed by atoms with Crippen molar-refractivity contribution in [3.8, 4) is 5.75 Å². The highest BCUT2D eigenvalue weighted by molar-refractivity contribution is 9.10. The van der Waals surface area contributed by atoms with E-state index in [0.717, 1.165) is 42.8 Å². The van der Waals surface area contributed by atoms with Gasteiger partial charge in [-0.1, -0.05) is 29.8 Å². The Labute approximate surface area is 130 Å². The van der Waals surface area contributed by atoms with Gasteiger partial charge >= 0.3 is 0 Å². The van der Waals surface area contributed by atoms with Gasteiger partial charge in [-0.25, -0.2) is 0 Å². The summed E-state index contributed by atoms with van der Waals surface area (Å²) in [6, 6.07) is 6.18. The number of nitrogens with one attached hydrogen (secondary N) is 1. The zero-order chi connectivity index (χ0) is 14.4. The molecule has 112 valence electrons. The molecule has 1 aromatic rings. The van der Waals surface area contributed by atoms with Crippen LogP contribution in [0.4, 0.5) is 0 Å². The first kappa shape index (κ1) is 15.8. The highest BCUT2D eigenvalue weighted by atomic mass is 79.9. The predicted molar refractivity (Wildman–Crippen MR) is 85.2 cm³/mol. The summed E-state index contributed by atoms with van der Waals surface area (Å²) in [7, 11) is 0. The van der Waals surface area contributed by atoms with Gasteiger partial charge in [0.25, 0.3) is 0 Å². The van der Waals surface area contributed by atoms with E-state index >= 15 is 0 Å². The fourth-order valence-corrected chi connectivity index (χ4v) is 2.69. The molecule has 1 atom stereocenters. The third-order valence-electron chi connectivity index (χ3n) is 3.34. The topological polar surface area (TPSA) is 30.5 Å². The third-order valence-corrected chi connectivity index (χ3v) is 3.83. The first-order valence-electron chi connectivity index (χ1n) is 7.38. The summed E-state index contributed by atoms with van der Waals surface area (Å²) >= 11 is 3.53. The van der Waals surface area contributed by atoms with Gasteiger partial charge in [0.1, 0.15) is 12.4 Å². The standard InChI is InChI=1S/C16H24BrNO2/c1-12(2)9-18-10-13-8-14(17)5-6-16(13)20-11-15-4-3-7-19-15/h5-6,8,12,15,18H,3-4,7,9-11H2,1-2H3. The number of rotatable bonds is 7. The maximum atomic E-state index is 5.95. The molecule has 1 aromatic carbocycles. The summed E-state index contributed by atoms with van der Waals surface area (Å²) in [5.74, 6) is 1.61. The summed E-state index contributed by atoms with van der Waals surface area (Å²) in [5, 5.41) is 3.46. The minimum absolute atomic E-state index is 0.259. The minimum atomic E-state index is 0.259. The third kappa shape index (κ3) is 5.08. The number of hydrogen-bond acceptors (Lipinski definition) is 3. The van der Waals surface area contributed by atoms with E-state index in [4.69, 9.17) is 9.47 Å². The van der Waals surface area contributed by atoms with Gasteiger partial charge in [-0.15, -0.1) is 0 Å². The van der Waals surface area contributed by atoms with Crippen molar-refractivity contribution in [2.75, 3.05) is 19.8 Å². The maximum absolute atomic E-state index is 5.95. The molecule has 1 heterocycles. The Morgan fingerprint density at radius 1 is 1.45 bits per heavy atom. The van der Waals surface area contributed by atoms with Crippen LogP contribution in [0, 0.1) is 5.92 Å². The van der Waals surface area contributed by atoms with Crippen molar-refractivity contribution in [3.05, 3.63) is 28.2 Å². The Hall–Kier alpha value is -0.580. The molecule has 4 heteroatoms. The van der Waals surface area contributed by atoms with Gasteiger partial charge in [0.05, 0.1) is 6.10 Å². The Balaban J connectivity index is 1.91. The van der Waals surface area contributed by atoms with E-state index in [1.807, 2.05) is 12.1 Å². The van der Waals surface area contributed by atoms with Gasteiger partial charge < -0.3 is 14.8 Å². The Morgan fingerprint density at radius 2 is 2.30 bits per heavy atom. The highest BCUT2D eigenvalue weighted by Gasteiger charge is 2.16. The molecule has 20 heavy (non-hydrogen) atoms. The van der Waals surface area contributed by atoms with Crippen LogP contribution in [-0.4, -0.2) is 25.9 Å². The molecule has 0 amide bonds. The van der Waals surface area contributed by atoms with Crippen LogP contribution in [0.25, 0.3) is 0 Å². The summed E-state index contributed by atoms with van der Waals surface area (Å²) in [4.78, 5) is 0. The van der Waals surface area contributed by atoms with Crippen molar-refractivity contribution in [3.63, 3.8) is 0 Å². The average molecular weight is 342 g/mol. The van der Waals surface area contributed by atoms with Crippen LogP contribution in [0.15, 0.2) is 22.7 Å². The van der Waals surface area contributed by atoms with Crippen molar-refractivity contribution >= 4 is 15.9 Å². The molecule has 1 fully saturated rings. The van der Waals surface area contributed by atoms with Crippen molar-refractivity contribution in [1.82, 2.24) is 5.32 Å². The van der Waals surface area contributed by atoms with Gasteiger partial charge in [-0.05, 0) is 43.5 Å². The van der Waals surface area contributed by atoms with Crippen molar-refractivity contribution in [1.29, 1.82) is 0 Å². The molecule has 1 N–H and O–H groups in total. The Kier molecular flexibility index (Phi) is 6.33. The number of hydrogen-bond donors (Lipinski definition) is 1. The lowest BCUT2D eigenvalue weighted by Gasteiger charge is -2.16. The van der Waals surface area contributed by atoms with Gasteiger partial charge in [0.2, 0.25) is 0 Å². The summed E-state index contributed by atoms with van der Waals surface area (Å²) in [6.45, 7) is 7.79.